The topological polar surface area (TPSA) is 32.3 Å². The largest absolute Gasteiger partial charge is 0.342 e. The van der Waals surface area contributed by atoms with E-state index < -0.39 is 0 Å². The number of rotatable bonds is 6. The minimum absolute atomic E-state index is 0.128. The summed E-state index contributed by atoms with van der Waals surface area (Å²) in [4.78, 5) is 13.6. The Kier molecular flexibility index (Phi) is 6.16. The second-order valence-electron chi connectivity index (χ2n) is 4.26. The van der Waals surface area contributed by atoms with Gasteiger partial charge in [0.05, 0.1) is 6.54 Å². The molecule has 4 heteroatoms. The first-order valence-electron chi connectivity index (χ1n) is 6.32. The highest BCUT2D eigenvalue weighted by atomic mass is 35.5. The fraction of sp³-hybridized carbons (Fsp3) is 0.500. The SMILES string of the molecule is CCN(CC)C(=O)CNCc1ccc(C)cc1Cl. The number of benzene rings is 1. The zero-order chi connectivity index (χ0) is 13.5. The van der Waals surface area contributed by atoms with Gasteiger partial charge in [-0.15, -0.1) is 0 Å². The molecule has 18 heavy (non-hydrogen) atoms. The van der Waals surface area contributed by atoms with Crippen molar-refractivity contribution in [2.45, 2.75) is 27.3 Å². The van der Waals surface area contributed by atoms with Crippen LogP contribution < -0.4 is 5.32 Å². The van der Waals surface area contributed by atoms with Crippen molar-refractivity contribution in [3.05, 3.63) is 34.3 Å². The van der Waals surface area contributed by atoms with Crippen LogP contribution in [0.4, 0.5) is 0 Å². The van der Waals surface area contributed by atoms with Gasteiger partial charge in [-0.1, -0.05) is 23.7 Å². The normalized spacial score (nSPS) is 10.4. The van der Waals surface area contributed by atoms with Crippen LogP contribution >= 0.6 is 11.6 Å². The van der Waals surface area contributed by atoms with E-state index in [0.29, 0.717) is 13.1 Å². The number of likely N-dealkylation sites (N-methyl/N-ethyl adjacent to an activating group) is 1. The number of carbonyl (C=O) groups excluding carboxylic acids is 1. The van der Waals surface area contributed by atoms with Gasteiger partial charge in [0.1, 0.15) is 0 Å². The number of amides is 1. The van der Waals surface area contributed by atoms with Gasteiger partial charge in [0.15, 0.2) is 0 Å². The van der Waals surface area contributed by atoms with Crippen molar-refractivity contribution in [2.24, 2.45) is 0 Å². The van der Waals surface area contributed by atoms with Crippen LogP contribution in [-0.2, 0) is 11.3 Å². The lowest BCUT2D eigenvalue weighted by molar-refractivity contribution is -0.129. The van der Waals surface area contributed by atoms with Crippen molar-refractivity contribution in [2.75, 3.05) is 19.6 Å². The standard InChI is InChI=1S/C14H21ClN2O/c1-4-17(5-2)14(18)10-16-9-12-7-6-11(3)8-13(12)15/h6-8,16H,4-5,9-10H2,1-3H3. The molecule has 0 heterocycles. The van der Waals surface area contributed by atoms with Crippen molar-refractivity contribution in [3.8, 4) is 0 Å². The number of nitrogens with zero attached hydrogens (tertiary/aromatic N) is 1. The fourth-order valence-corrected chi connectivity index (χ4v) is 2.09. The highest BCUT2D eigenvalue weighted by molar-refractivity contribution is 6.31. The van der Waals surface area contributed by atoms with Gasteiger partial charge in [0.25, 0.3) is 0 Å². The molecule has 0 fully saturated rings. The molecule has 1 rings (SSSR count). The summed E-state index contributed by atoms with van der Waals surface area (Å²) in [7, 11) is 0. The lowest BCUT2D eigenvalue weighted by Gasteiger charge is -2.18. The Morgan fingerprint density at radius 3 is 2.56 bits per heavy atom. The summed E-state index contributed by atoms with van der Waals surface area (Å²) in [5, 5.41) is 3.88. The smallest absolute Gasteiger partial charge is 0.236 e. The number of nitrogens with one attached hydrogen (secondary N) is 1. The molecular weight excluding hydrogens is 248 g/mol. The first-order chi connectivity index (χ1) is 8.58. The highest BCUT2D eigenvalue weighted by Gasteiger charge is 2.08. The third kappa shape index (κ3) is 4.31. The lowest BCUT2D eigenvalue weighted by atomic mass is 10.1. The van der Waals surface area contributed by atoms with Gasteiger partial charge in [0.2, 0.25) is 5.91 Å². The van der Waals surface area contributed by atoms with E-state index in [1.807, 2.05) is 43.9 Å². The first kappa shape index (κ1) is 15.0. The Labute approximate surface area is 114 Å². The van der Waals surface area contributed by atoms with Crippen molar-refractivity contribution in [3.63, 3.8) is 0 Å². The summed E-state index contributed by atoms with van der Waals surface area (Å²) in [5.41, 5.74) is 2.16. The molecule has 3 nitrogen and oxygen atoms in total. The Morgan fingerprint density at radius 2 is 2.00 bits per heavy atom. The highest BCUT2D eigenvalue weighted by Crippen LogP contribution is 2.17. The minimum Gasteiger partial charge on any atom is -0.342 e. The van der Waals surface area contributed by atoms with Crippen LogP contribution in [0, 0.1) is 6.92 Å². The summed E-state index contributed by atoms with van der Waals surface area (Å²) >= 11 is 6.13. The summed E-state index contributed by atoms with van der Waals surface area (Å²) in [6, 6.07) is 5.95. The molecule has 0 unspecified atom stereocenters. The molecule has 0 aliphatic heterocycles. The van der Waals surface area contributed by atoms with Crippen molar-refractivity contribution >= 4 is 17.5 Å². The van der Waals surface area contributed by atoms with Gasteiger partial charge in [-0.3, -0.25) is 4.79 Å². The summed E-state index contributed by atoms with van der Waals surface area (Å²) < 4.78 is 0. The molecule has 0 bridgehead atoms. The average molecular weight is 269 g/mol. The predicted octanol–water partition coefficient (Wildman–Crippen LogP) is 2.61. The van der Waals surface area contributed by atoms with Crippen LogP contribution in [0.3, 0.4) is 0 Å². The van der Waals surface area contributed by atoms with E-state index in [0.717, 1.165) is 29.2 Å². The molecule has 0 saturated carbocycles. The number of halogens is 1. The van der Waals surface area contributed by atoms with Gasteiger partial charge in [-0.25, -0.2) is 0 Å². The summed E-state index contributed by atoms with van der Waals surface area (Å²) in [6.07, 6.45) is 0. The second kappa shape index (κ2) is 7.39. The van der Waals surface area contributed by atoms with Crippen LogP contribution in [0.5, 0.6) is 0 Å². The molecule has 0 radical (unpaired) electrons. The molecule has 0 aromatic heterocycles. The van der Waals surface area contributed by atoms with Gasteiger partial charge >= 0.3 is 0 Å². The molecule has 0 spiro atoms. The van der Waals surface area contributed by atoms with Crippen LogP contribution in [0.2, 0.25) is 5.02 Å². The molecule has 0 saturated heterocycles. The fourth-order valence-electron chi connectivity index (χ4n) is 1.79. The van der Waals surface area contributed by atoms with E-state index in [4.69, 9.17) is 11.6 Å². The number of carbonyl (C=O) groups is 1. The van der Waals surface area contributed by atoms with E-state index >= 15 is 0 Å². The van der Waals surface area contributed by atoms with Crippen molar-refractivity contribution in [1.82, 2.24) is 10.2 Å². The van der Waals surface area contributed by atoms with E-state index in [2.05, 4.69) is 5.32 Å². The zero-order valence-electron chi connectivity index (χ0n) is 11.3. The molecule has 1 aromatic rings. The van der Waals surface area contributed by atoms with Gasteiger partial charge < -0.3 is 10.2 Å². The van der Waals surface area contributed by atoms with Gasteiger partial charge in [-0.05, 0) is 38.0 Å². The molecular formula is C14H21ClN2O. The van der Waals surface area contributed by atoms with E-state index in [-0.39, 0.29) is 5.91 Å². The van der Waals surface area contributed by atoms with Crippen LogP contribution in [0.15, 0.2) is 18.2 Å². The number of aryl methyl sites for hydroxylation is 1. The Hall–Kier alpha value is -1.06. The third-order valence-corrected chi connectivity index (χ3v) is 3.27. The maximum absolute atomic E-state index is 11.8. The first-order valence-corrected chi connectivity index (χ1v) is 6.69. The molecule has 0 atom stereocenters. The quantitative estimate of drug-likeness (QED) is 0.860. The second-order valence-corrected chi connectivity index (χ2v) is 4.67. The monoisotopic (exact) mass is 268 g/mol. The maximum Gasteiger partial charge on any atom is 0.236 e. The van der Waals surface area contributed by atoms with Crippen LogP contribution in [0.1, 0.15) is 25.0 Å². The lowest BCUT2D eigenvalue weighted by Crippen LogP contribution is -2.37. The third-order valence-electron chi connectivity index (χ3n) is 2.92. The molecule has 1 N–H and O–H groups in total. The van der Waals surface area contributed by atoms with E-state index in [1.54, 1.807) is 0 Å². The Balaban J connectivity index is 2.44. The van der Waals surface area contributed by atoms with Crippen LogP contribution in [0.25, 0.3) is 0 Å². The van der Waals surface area contributed by atoms with Crippen LogP contribution in [-0.4, -0.2) is 30.4 Å². The van der Waals surface area contributed by atoms with Crippen molar-refractivity contribution < 1.29 is 4.79 Å². The van der Waals surface area contributed by atoms with Gasteiger partial charge in [-0.2, -0.15) is 0 Å². The molecule has 1 amide bonds. The zero-order valence-corrected chi connectivity index (χ0v) is 12.0. The molecule has 1 aromatic carbocycles. The number of hydrogen-bond donors (Lipinski definition) is 1. The van der Waals surface area contributed by atoms with E-state index in [9.17, 15) is 4.79 Å². The Morgan fingerprint density at radius 1 is 1.33 bits per heavy atom. The molecule has 100 valence electrons. The Bertz CT molecular complexity index is 403. The minimum atomic E-state index is 0.128. The van der Waals surface area contributed by atoms with Gasteiger partial charge in [0, 0.05) is 24.7 Å². The number of hydrogen-bond acceptors (Lipinski definition) is 2. The summed E-state index contributed by atoms with van der Waals surface area (Å²) in [6.45, 7) is 8.45. The predicted molar refractivity (Wildman–Crippen MR) is 75.8 cm³/mol. The molecule has 0 aliphatic rings. The summed E-state index contributed by atoms with van der Waals surface area (Å²) in [5.74, 6) is 0.128. The maximum atomic E-state index is 11.8. The van der Waals surface area contributed by atoms with E-state index in [1.165, 1.54) is 0 Å². The molecule has 0 aliphatic carbocycles. The average Bonchev–Trinajstić information content (AvgIpc) is 2.33. The van der Waals surface area contributed by atoms with Crippen molar-refractivity contribution in [1.29, 1.82) is 0 Å².